The molecule has 0 bridgehead atoms. The first-order chi connectivity index (χ1) is 16.1. The molecule has 6 rings (SSSR count). The Morgan fingerprint density at radius 3 is 2.42 bits per heavy atom. The van der Waals surface area contributed by atoms with E-state index in [9.17, 15) is 10.1 Å². The maximum absolute atomic E-state index is 13.0. The van der Waals surface area contributed by atoms with Crippen LogP contribution in [0, 0.1) is 11.3 Å². The summed E-state index contributed by atoms with van der Waals surface area (Å²) in [6.07, 6.45) is 11.1. The van der Waals surface area contributed by atoms with Crippen LogP contribution in [0.1, 0.15) is 85.1 Å². The minimum absolute atomic E-state index is 0.00912. The van der Waals surface area contributed by atoms with Crippen LogP contribution in [0.2, 0.25) is 0 Å². The maximum atomic E-state index is 13.0. The van der Waals surface area contributed by atoms with Crippen molar-refractivity contribution < 1.29 is 0 Å². The third-order valence-electron chi connectivity index (χ3n) is 6.71. The molecule has 0 amide bonds. The average molecular weight is 439 g/mol. The molecule has 33 heavy (non-hydrogen) atoms. The number of rotatable bonds is 5. The molecule has 1 N–H and O–H groups in total. The zero-order valence-corrected chi connectivity index (χ0v) is 18.0. The first kappa shape index (κ1) is 19.7. The Morgan fingerprint density at radius 1 is 1.06 bits per heavy atom. The van der Waals surface area contributed by atoms with E-state index in [1.54, 1.807) is 35.5 Å². The SMILES string of the molecule is CC(c1cnc(C2CC2)nc1)n1nc(C#N)c2c(=O)[nH]c(C3CCC3c3ncccn3)nc21. The number of fused-ring (bicyclic) bond motifs is 1. The number of nitrogens with one attached hydrogen (secondary N) is 1. The largest absolute Gasteiger partial charge is 0.310 e. The standard InChI is InChI=1S/C23H21N9O/c1-12(14-10-27-19(28-11-14)13-3-4-13)32-22-18(17(9-24)31-32)23(33)30-21(29-22)16-6-5-15(16)20-25-7-2-8-26-20/h2,7-8,10-13,15-16H,3-6H2,1H3,(H,29,30,33). The number of hydrogen-bond donors (Lipinski definition) is 1. The third-order valence-corrected chi connectivity index (χ3v) is 6.71. The third kappa shape index (κ3) is 3.28. The molecule has 0 aliphatic heterocycles. The van der Waals surface area contributed by atoms with Gasteiger partial charge in [0, 0.05) is 48.1 Å². The van der Waals surface area contributed by atoms with Gasteiger partial charge in [-0.1, -0.05) is 0 Å². The lowest BCUT2D eigenvalue weighted by molar-refractivity contribution is 0.319. The van der Waals surface area contributed by atoms with Gasteiger partial charge in [-0.25, -0.2) is 29.6 Å². The lowest BCUT2D eigenvalue weighted by Crippen LogP contribution is -2.28. The van der Waals surface area contributed by atoms with E-state index in [4.69, 9.17) is 4.98 Å². The normalized spacial score (nSPS) is 20.8. The van der Waals surface area contributed by atoms with Crippen molar-refractivity contribution in [2.24, 2.45) is 0 Å². The van der Waals surface area contributed by atoms with Crippen LogP contribution in [0.5, 0.6) is 0 Å². The van der Waals surface area contributed by atoms with Gasteiger partial charge in [0.2, 0.25) is 0 Å². The highest BCUT2D eigenvalue weighted by molar-refractivity contribution is 5.80. The molecule has 10 heteroatoms. The molecule has 0 aromatic carbocycles. The van der Waals surface area contributed by atoms with E-state index in [1.165, 1.54) is 0 Å². The summed E-state index contributed by atoms with van der Waals surface area (Å²) in [7, 11) is 0. The molecule has 3 atom stereocenters. The molecule has 3 unspecified atom stereocenters. The Bertz CT molecular complexity index is 1430. The minimum Gasteiger partial charge on any atom is -0.310 e. The van der Waals surface area contributed by atoms with Crippen molar-refractivity contribution in [3.05, 3.63) is 69.9 Å². The molecule has 4 aromatic rings. The summed E-state index contributed by atoms with van der Waals surface area (Å²) < 4.78 is 1.63. The highest BCUT2D eigenvalue weighted by Gasteiger charge is 2.38. The highest BCUT2D eigenvalue weighted by atomic mass is 16.1. The van der Waals surface area contributed by atoms with Gasteiger partial charge in [-0.3, -0.25) is 4.79 Å². The molecule has 4 heterocycles. The second-order valence-corrected chi connectivity index (χ2v) is 8.78. The smallest absolute Gasteiger partial charge is 0.263 e. The number of H-pyrrole nitrogens is 1. The fourth-order valence-corrected chi connectivity index (χ4v) is 4.48. The minimum atomic E-state index is -0.357. The Morgan fingerprint density at radius 2 is 1.79 bits per heavy atom. The molecule has 2 aliphatic carbocycles. The summed E-state index contributed by atoms with van der Waals surface area (Å²) in [6.45, 7) is 1.94. The van der Waals surface area contributed by atoms with Crippen molar-refractivity contribution in [3.8, 4) is 6.07 Å². The fourth-order valence-electron chi connectivity index (χ4n) is 4.48. The number of aromatic nitrogens is 8. The fraction of sp³-hybridized carbons (Fsp3) is 0.391. The van der Waals surface area contributed by atoms with E-state index in [1.807, 2.05) is 13.0 Å². The Hall–Kier alpha value is -4.00. The van der Waals surface area contributed by atoms with Crippen molar-refractivity contribution in [2.45, 2.75) is 56.4 Å². The Kier molecular flexibility index (Phi) is 4.50. The van der Waals surface area contributed by atoms with Crippen molar-refractivity contribution in [1.82, 2.24) is 39.7 Å². The first-order valence-electron chi connectivity index (χ1n) is 11.1. The van der Waals surface area contributed by atoms with Crippen LogP contribution in [0.25, 0.3) is 11.0 Å². The highest BCUT2D eigenvalue weighted by Crippen LogP contribution is 2.46. The van der Waals surface area contributed by atoms with Crippen LogP contribution >= 0.6 is 0 Å². The Balaban J connectivity index is 1.41. The van der Waals surface area contributed by atoms with Gasteiger partial charge >= 0.3 is 0 Å². The van der Waals surface area contributed by atoms with Crippen LogP contribution in [0.4, 0.5) is 0 Å². The zero-order chi connectivity index (χ0) is 22.5. The van der Waals surface area contributed by atoms with Gasteiger partial charge in [-0.15, -0.1) is 0 Å². The first-order valence-corrected chi connectivity index (χ1v) is 11.1. The molecule has 2 fully saturated rings. The van der Waals surface area contributed by atoms with Crippen LogP contribution in [0.3, 0.4) is 0 Å². The van der Waals surface area contributed by atoms with Crippen molar-refractivity contribution in [2.75, 3.05) is 0 Å². The molecule has 10 nitrogen and oxygen atoms in total. The summed E-state index contributed by atoms with van der Waals surface area (Å²) >= 11 is 0. The van der Waals surface area contributed by atoms with Gasteiger partial charge in [0.05, 0.1) is 6.04 Å². The average Bonchev–Trinajstić information content (AvgIpc) is 3.59. The van der Waals surface area contributed by atoms with Crippen molar-refractivity contribution in [3.63, 3.8) is 0 Å². The monoisotopic (exact) mass is 439 g/mol. The number of hydrogen-bond acceptors (Lipinski definition) is 8. The molecule has 0 saturated heterocycles. The predicted octanol–water partition coefficient (Wildman–Crippen LogP) is 2.72. The molecule has 0 radical (unpaired) electrons. The Labute approximate surface area is 188 Å². The van der Waals surface area contributed by atoms with E-state index < -0.39 is 0 Å². The summed E-state index contributed by atoms with van der Waals surface area (Å²) in [5.74, 6) is 2.77. The van der Waals surface area contributed by atoms with Crippen LogP contribution in [-0.2, 0) is 0 Å². The summed E-state index contributed by atoms with van der Waals surface area (Å²) in [5, 5.41) is 14.2. The van der Waals surface area contributed by atoms with Gasteiger partial charge in [0.15, 0.2) is 11.3 Å². The predicted molar refractivity (Wildman–Crippen MR) is 117 cm³/mol. The van der Waals surface area contributed by atoms with E-state index in [-0.39, 0.29) is 34.5 Å². The number of nitriles is 1. The second kappa shape index (κ2) is 7.55. The lowest BCUT2D eigenvalue weighted by atomic mass is 9.72. The van der Waals surface area contributed by atoms with E-state index in [0.717, 1.165) is 42.9 Å². The van der Waals surface area contributed by atoms with Crippen LogP contribution in [-0.4, -0.2) is 39.7 Å². The van der Waals surface area contributed by atoms with Crippen molar-refractivity contribution >= 4 is 11.0 Å². The second-order valence-electron chi connectivity index (χ2n) is 8.78. The molecular formula is C23H21N9O. The number of nitrogens with zero attached hydrogens (tertiary/aromatic N) is 8. The molecule has 164 valence electrons. The molecule has 0 spiro atoms. The van der Waals surface area contributed by atoms with Crippen molar-refractivity contribution in [1.29, 1.82) is 5.26 Å². The van der Waals surface area contributed by atoms with Crippen LogP contribution < -0.4 is 5.56 Å². The molecule has 4 aromatic heterocycles. The lowest BCUT2D eigenvalue weighted by Gasteiger charge is -2.34. The van der Waals surface area contributed by atoms with Gasteiger partial charge < -0.3 is 4.98 Å². The van der Waals surface area contributed by atoms with E-state index in [0.29, 0.717) is 17.4 Å². The van der Waals surface area contributed by atoms with Gasteiger partial charge in [-0.2, -0.15) is 10.4 Å². The topological polar surface area (TPSA) is 139 Å². The van der Waals surface area contributed by atoms with Crippen LogP contribution in [0.15, 0.2) is 35.6 Å². The van der Waals surface area contributed by atoms with E-state index >= 15 is 0 Å². The summed E-state index contributed by atoms with van der Waals surface area (Å²) in [5.41, 5.74) is 0.939. The summed E-state index contributed by atoms with van der Waals surface area (Å²) in [6, 6.07) is 3.53. The van der Waals surface area contributed by atoms with Gasteiger partial charge in [0.25, 0.3) is 5.56 Å². The van der Waals surface area contributed by atoms with Gasteiger partial charge in [0.1, 0.15) is 28.9 Å². The quantitative estimate of drug-likeness (QED) is 0.501. The molecule has 2 saturated carbocycles. The number of aromatic amines is 1. The molecular weight excluding hydrogens is 418 g/mol. The zero-order valence-electron chi connectivity index (χ0n) is 18.0. The maximum Gasteiger partial charge on any atom is 0.263 e. The molecule has 2 aliphatic rings. The van der Waals surface area contributed by atoms with Gasteiger partial charge in [-0.05, 0) is 38.7 Å². The van der Waals surface area contributed by atoms with E-state index in [2.05, 4.69) is 30.0 Å². The summed E-state index contributed by atoms with van der Waals surface area (Å²) in [4.78, 5) is 38.5.